The number of hydrogen-bond donors (Lipinski definition) is 2. The molecule has 0 radical (unpaired) electrons. The summed E-state index contributed by atoms with van der Waals surface area (Å²) in [6.45, 7) is 0. The van der Waals surface area contributed by atoms with Gasteiger partial charge in [0.1, 0.15) is 11.5 Å². The maximum Gasteiger partial charge on any atom is 2.00 e. The monoisotopic (exact) mass is 410 g/mol. The number of hydrogen-bond acceptors (Lipinski definition) is 6. The molecule has 2 rings (SSSR count). The predicted molar refractivity (Wildman–Crippen MR) is 104 cm³/mol. The van der Waals surface area contributed by atoms with Crippen LogP contribution in [0.25, 0.3) is 12.2 Å². The van der Waals surface area contributed by atoms with Crippen molar-refractivity contribution in [2.24, 2.45) is 0 Å². The van der Waals surface area contributed by atoms with Crippen LogP contribution >= 0.6 is 0 Å². The van der Waals surface area contributed by atoms with Crippen molar-refractivity contribution in [1.29, 1.82) is 0 Å². The van der Waals surface area contributed by atoms with Gasteiger partial charge in [-0.3, -0.25) is 0 Å². The number of methoxy groups -OCH3 is 2. The van der Waals surface area contributed by atoms with Crippen LogP contribution in [0.5, 0.6) is 23.0 Å². The molecular weight excluding hydrogens is 393 g/mol. The van der Waals surface area contributed by atoms with Crippen LogP contribution in [0.2, 0.25) is 0 Å². The van der Waals surface area contributed by atoms with Crippen molar-refractivity contribution in [2.45, 2.75) is 0 Å². The van der Waals surface area contributed by atoms with E-state index >= 15 is 0 Å². The van der Waals surface area contributed by atoms with Gasteiger partial charge < -0.3 is 29.9 Å². The Hall–Kier alpha value is -3.17. The number of carboxylic acids is 2. The van der Waals surface area contributed by atoms with Crippen LogP contribution in [0, 0.1) is 0 Å². The summed E-state index contributed by atoms with van der Waals surface area (Å²) in [6, 6.07) is 8.71. The molecule has 0 amide bonds. The van der Waals surface area contributed by atoms with E-state index in [0.717, 1.165) is 12.2 Å². The van der Waals surface area contributed by atoms with E-state index in [9.17, 15) is 19.8 Å². The fourth-order valence-corrected chi connectivity index (χ4v) is 1.91. The molecule has 0 atom stereocenters. The van der Waals surface area contributed by atoms with Crippen molar-refractivity contribution in [3.63, 3.8) is 0 Å². The van der Waals surface area contributed by atoms with Gasteiger partial charge in [0.25, 0.3) is 0 Å². The van der Waals surface area contributed by atoms with E-state index in [2.05, 4.69) is 0 Å². The fraction of sp³-hybridized carbons (Fsp3) is 0.100. The Bertz CT molecular complexity index is 817. The first kappa shape index (κ1) is 25.8. The van der Waals surface area contributed by atoms with Crippen molar-refractivity contribution in [3.8, 4) is 23.0 Å². The predicted octanol–water partition coefficient (Wildman–Crippen LogP) is 1.35. The number of ether oxygens (including phenoxy) is 2. The number of rotatable bonds is 6. The maximum atomic E-state index is 11.1. The average Bonchev–Trinajstić information content (AvgIpc) is 2.67. The zero-order valence-electron chi connectivity index (χ0n) is 15.8. The largest absolute Gasteiger partial charge is 2.00 e. The summed E-state index contributed by atoms with van der Waals surface area (Å²) >= 11 is 0. The summed E-state index contributed by atoms with van der Waals surface area (Å²) in [4.78, 5) is 20.4. The third-order valence-corrected chi connectivity index (χ3v) is 3.21. The van der Waals surface area contributed by atoms with Gasteiger partial charge in [-0.15, -0.1) is 0 Å². The summed E-state index contributed by atoms with van der Waals surface area (Å²) < 4.78 is 9.60. The normalized spacial score (nSPS) is 10.0. The SMILES string of the molecule is COc1cc(/C=C\C(=O)O)ccc1[O-].COc1cc(/C=C\C(=O)O)ccc1[O-].[Mg+2]. The van der Waals surface area contributed by atoms with Crippen molar-refractivity contribution >= 4 is 47.1 Å². The standard InChI is InChI=1S/2C10H10O4.Mg/c2*1-14-9-6-7(2-4-8(9)11)3-5-10(12)13;/h2*2-6,11H,1H3,(H,12,13);/q;;+2/p-2/b2*5-3-;. The van der Waals surface area contributed by atoms with Crippen molar-refractivity contribution in [1.82, 2.24) is 0 Å². The van der Waals surface area contributed by atoms with E-state index in [1.807, 2.05) is 0 Å². The molecule has 9 heteroatoms. The van der Waals surface area contributed by atoms with Gasteiger partial charge >= 0.3 is 35.0 Å². The van der Waals surface area contributed by atoms with Crippen molar-refractivity contribution in [3.05, 3.63) is 59.7 Å². The second-order valence-electron chi connectivity index (χ2n) is 5.16. The zero-order chi connectivity index (χ0) is 21.1. The minimum absolute atomic E-state index is 0. The second-order valence-corrected chi connectivity index (χ2v) is 5.16. The molecule has 0 spiro atoms. The van der Waals surface area contributed by atoms with E-state index in [1.165, 1.54) is 62.8 Å². The molecule has 0 aromatic heterocycles. The van der Waals surface area contributed by atoms with Crippen LogP contribution in [-0.2, 0) is 9.59 Å². The van der Waals surface area contributed by atoms with Gasteiger partial charge in [-0.25, -0.2) is 9.59 Å². The Morgan fingerprint density at radius 1 is 0.793 bits per heavy atom. The number of aliphatic carboxylic acids is 2. The molecule has 0 heterocycles. The van der Waals surface area contributed by atoms with Gasteiger partial charge in [0, 0.05) is 12.2 Å². The van der Waals surface area contributed by atoms with Crippen LogP contribution in [-0.4, -0.2) is 59.4 Å². The summed E-state index contributed by atoms with van der Waals surface area (Å²) in [7, 11) is 2.78. The van der Waals surface area contributed by atoms with Gasteiger partial charge in [-0.05, 0) is 35.4 Å². The summed E-state index contributed by atoms with van der Waals surface area (Å²) in [6.07, 6.45) is 4.78. The summed E-state index contributed by atoms with van der Waals surface area (Å²) in [5.41, 5.74) is 1.23. The minimum atomic E-state index is -1.03. The topological polar surface area (TPSA) is 139 Å². The molecule has 148 valence electrons. The number of carboxylic acid groups (broad SMARTS) is 2. The molecule has 0 aliphatic carbocycles. The number of carbonyl (C=O) groups is 2. The Morgan fingerprint density at radius 2 is 1.14 bits per heavy atom. The molecule has 29 heavy (non-hydrogen) atoms. The Balaban J connectivity index is 0.000000523. The molecule has 0 aliphatic rings. The van der Waals surface area contributed by atoms with Gasteiger partial charge in [-0.2, -0.15) is 0 Å². The molecule has 2 aromatic rings. The van der Waals surface area contributed by atoms with Crippen LogP contribution in [0.4, 0.5) is 0 Å². The summed E-state index contributed by atoms with van der Waals surface area (Å²) in [5.74, 6) is -2.10. The van der Waals surface area contributed by atoms with Crippen molar-refractivity contribution in [2.75, 3.05) is 14.2 Å². The average molecular weight is 411 g/mol. The third kappa shape index (κ3) is 9.54. The first-order valence-corrected chi connectivity index (χ1v) is 7.79. The molecule has 0 unspecified atom stereocenters. The first-order valence-electron chi connectivity index (χ1n) is 7.79. The second kappa shape index (κ2) is 13.1. The zero-order valence-corrected chi connectivity index (χ0v) is 17.2. The molecule has 8 nitrogen and oxygen atoms in total. The smallest absolute Gasteiger partial charge is 0.870 e. The summed E-state index contributed by atoms with van der Waals surface area (Å²) in [5, 5.41) is 38.9. The molecule has 0 saturated heterocycles. The molecule has 0 bridgehead atoms. The number of benzene rings is 2. The van der Waals surface area contributed by atoms with E-state index in [1.54, 1.807) is 0 Å². The van der Waals surface area contributed by atoms with Gasteiger partial charge in [0.2, 0.25) is 0 Å². The quantitative estimate of drug-likeness (QED) is 0.537. The molecule has 0 saturated carbocycles. The van der Waals surface area contributed by atoms with Crippen LogP contribution in [0.15, 0.2) is 48.6 Å². The van der Waals surface area contributed by atoms with E-state index in [-0.39, 0.29) is 46.1 Å². The minimum Gasteiger partial charge on any atom is -0.870 e. The van der Waals surface area contributed by atoms with E-state index < -0.39 is 11.9 Å². The van der Waals surface area contributed by atoms with Crippen LogP contribution in [0.1, 0.15) is 11.1 Å². The molecule has 0 aliphatic heterocycles. The Labute approximate surface area is 183 Å². The first-order chi connectivity index (χ1) is 13.3. The van der Waals surface area contributed by atoms with Gasteiger partial charge in [-0.1, -0.05) is 35.8 Å². The molecular formula is C20H18MgO8. The van der Waals surface area contributed by atoms with Gasteiger partial charge in [0.05, 0.1) is 14.2 Å². The van der Waals surface area contributed by atoms with Crippen LogP contribution in [0.3, 0.4) is 0 Å². The van der Waals surface area contributed by atoms with E-state index in [4.69, 9.17) is 19.7 Å². The maximum absolute atomic E-state index is 11.1. The fourth-order valence-electron chi connectivity index (χ4n) is 1.91. The van der Waals surface area contributed by atoms with Gasteiger partial charge in [0.15, 0.2) is 0 Å². The Morgan fingerprint density at radius 3 is 1.41 bits per heavy atom. The van der Waals surface area contributed by atoms with E-state index in [0.29, 0.717) is 11.1 Å². The molecule has 2 N–H and O–H groups in total. The van der Waals surface area contributed by atoms with Crippen molar-refractivity contribution < 1.29 is 39.5 Å². The van der Waals surface area contributed by atoms with Crippen LogP contribution < -0.4 is 19.7 Å². The molecule has 2 aromatic carbocycles. The molecule has 0 fully saturated rings. The third-order valence-electron chi connectivity index (χ3n) is 3.21. The Kier molecular flexibility index (Phi) is 11.6.